The van der Waals surface area contributed by atoms with E-state index in [0.29, 0.717) is 30.9 Å². The van der Waals surface area contributed by atoms with Crippen LogP contribution in [0.2, 0.25) is 0 Å². The molecule has 2 aliphatic rings. The van der Waals surface area contributed by atoms with Gasteiger partial charge < -0.3 is 15.5 Å². The molecule has 0 radical (unpaired) electrons. The smallest absolute Gasteiger partial charge is 0.313 e. The first-order valence-corrected chi connectivity index (χ1v) is 15.5. The third kappa shape index (κ3) is 6.43. The fourth-order valence-electron chi connectivity index (χ4n) is 5.03. The first-order valence-electron chi connectivity index (χ1n) is 13.2. The molecule has 0 saturated carbocycles. The maximum atomic E-state index is 13.2. The summed E-state index contributed by atoms with van der Waals surface area (Å²) >= 11 is 1.18. The van der Waals surface area contributed by atoms with E-state index in [1.807, 2.05) is 12.1 Å². The van der Waals surface area contributed by atoms with Crippen LogP contribution in [-0.4, -0.2) is 70.9 Å². The monoisotopic (exact) mass is 567 g/mol. The van der Waals surface area contributed by atoms with E-state index >= 15 is 0 Å². The molecule has 2 aromatic carbocycles. The zero-order chi connectivity index (χ0) is 27.2. The van der Waals surface area contributed by atoms with Gasteiger partial charge in [-0.05, 0) is 67.1 Å². The van der Waals surface area contributed by atoms with Crippen LogP contribution in [0.3, 0.4) is 0 Å². The topological polar surface area (TPSA) is 102 Å². The van der Waals surface area contributed by atoms with Gasteiger partial charge >= 0.3 is 11.8 Å². The standard InChI is InChI=1S/C28H33N5O4S2/c34-27(29-13-6-14-31-16-18-32(19-17-31)24-8-2-1-3-9-24)28(35)30-23-12-11-22-7-4-15-33(25(22)21-23)39(36,37)26-10-5-20-38-26/h1-3,5,8-12,20-21H,4,6-7,13-19H2,(H,29,34)(H,30,35). The van der Waals surface area contributed by atoms with Gasteiger partial charge in [0.2, 0.25) is 0 Å². The van der Waals surface area contributed by atoms with Gasteiger partial charge in [0.1, 0.15) is 4.21 Å². The Bertz CT molecular complexity index is 1390. The fraction of sp³-hybridized carbons (Fsp3) is 0.357. The van der Waals surface area contributed by atoms with Crippen LogP contribution >= 0.6 is 11.3 Å². The number of para-hydroxylation sites is 1. The second kappa shape index (κ2) is 12.2. The number of sulfonamides is 1. The molecule has 1 aromatic heterocycles. The molecule has 3 heterocycles. The average Bonchev–Trinajstić information content (AvgIpc) is 3.52. The predicted octanol–water partition coefficient (Wildman–Crippen LogP) is 3.16. The lowest BCUT2D eigenvalue weighted by Gasteiger charge is -2.36. The Hall–Kier alpha value is -3.41. The average molecular weight is 568 g/mol. The first kappa shape index (κ1) is 27.2. The Morgan fingerprint density at radius 3 is 2.44 bits per heavy atom. The number of amides is 2. The Morgan fingerprint density at radius 2 is 1.69 bits per heavy atom. The van der Waals surface area contributed by atoms with Gasteiger partial charge in [0, 0.05) is 50.6 Å². The molecule has 0 bridgehead atoms. The summed E-state index contributed by atoms with van der Waals surface area (Å²) in [6.07, 6.45) is 2.22. The molecule has 1 saturated heterocycles. The molecule has 11 heteroatoms. The van der Waals surface area contributed by atoms with Crippen LogP contribution in [0.15, 0.2) is 70.3 Å². The van der Waals surface area contributed by atoms with E-state index in [2.05, 4.69) is 44.7 Å². The van der Waals surface area contributed by atoms with Crippen molar-refractivity contribution < 1.29 is 18.0 Å². The van der Waals surface area contributed by atoms with Crippen LogP contribution < -0.4 is 19.8 Å². The zero-order valence-corrected chi connectivity index (χ0v) is 23.3. The highest BCUT2D eigenvalue weighted by Gasteiger charge is 2.30. The Labute approximate surface area is 233 Å². The van der Waals surface area contributed by atoms with E-state index in [9.17, 15) is 18.0 Å². The lowest BCUT2D eigenvalue weighted by atomic mass is 10.0. The summed E-state index contributed by atoms with van der Waals surface area (Å²) in [6.45, 7) is 5.47. The summed E-state index contributed by atoms with van der Waals surface area (Å²) in [7, 11) is -3.68. The largest absolute Gasteiger partial charge is 0.369 e. The molecule has 1 fully saturated rings. The molecule has 0 atom stereocenters. The second-order valence-electron chi connectivity index (χ2n) is 9.68. The maximum Gasteiger partial charge on any atom is 0.313 e. The van der Waals surface area contributed by atoms with Crippen molar-refractivity contribution in [2.75, 3.05) is 60.3 Å². The molecule has 0 aliphatic carbocycles. The molecule has 2 N–H and O–H groups in total. The second-order valence-corrected chi connectivity index (χ2v) is 12.7. The highest BCUT2D eigenvalue weighted by Crippen LogP contribution is 2.35. The first-order chi connectivity index (χ1) is 18.9. The number of thiophene rings is 1. The number of benzene rings is 2. The molecule has 2 aliphatic heterocycles. The minimum absolute atomic E-state index is 0.280. The van der Waals surface area contributed by atoms with Crippen molar-refractivity contribution in [1.82, 2.24) is 10.2 Å². The van der Waals surface area contributed by atoms with Crippen molar-refractivity contribution in [2.24, 2.45) is 0 Å². The number of hydrogen-bond acceptors (Lipinski definition) is 7. The summed E-state index contributed by atoms with van der Waals surface area (Å²) in [5, 5.41) is 7.06. The van der Waals surface area contributed by atoms with Crippen molar-refractivity contribution in [3.8, 4) is 0 Å². The summed E-state index contributed by atoms with van der Waals surface area (Å²) in [4.78, 5) is 29.7. The summed E-state index contributed by atoms with van der Waals surface area (Å²) in [6, 6.07) is 18.9. The highest BCUT2D eigenvalue weighted by atomic mass is 32.2. The van der Waals surface area contributed by atoms with Gasteiger partial charge in [-0.15, -0.1) is 11.3 Å². The minimum Gasteiger partial charge on any atom is -0.369 e. The van der Waals surface area contributed by atoms with Gasteiger partial charge in [0.15, 0.2) is 0 Å². The lowest BCUT2D eigenvalue weighted by molar-refractivity contribution is -0.136. The van der Waals surface area contributed by atoms with Crippen molar-refractivity contribution in [1.29, 1.82) is 0 Å². The maximum absolute atomic E-state index is 13.2. The number of carbonyl (C=O) groups excluding carboxylic acids is 2. The van der Waals surface area contributed by atoms with Crippen LogP contribution in [0.4, 0.5) is 17.1 Å². The van der Waals surface area contributed by atoms with Gasteiger partial charge in [-0.25, -0.2) is 8.42 Å². The SMILES string of the molecule is O=C(NCCCN1CCN(c2ccccc2)CC1)C(=O)Nc1ccc2c(c1)N(S(=O)(=O)c1cccs1)CCC2. The number of piperazine rings is 1. The molecular formula is C28H33N5O4S2. The van der Waals surface area contributed by atoms with Gasteiger partial charge in [0.05, 0.1) is 5.69 Å². The molecule has 206 valence electrons. The predicted molar refractivity (Wildman–Crippen MR) is 155 cm³/mol. The quantitative estimate of drug-likeness (QED) is 0.320. The van der Waals surface area contributed by atoms with Crippen molar-refractivity contribution in [3.05, 3.63) is 71.6 Å². The summed E-state index contributed by atoms with van der Waals surface area (Å²) in [5.74, 6) is -1.47. The third-order valence-corrected chi connectivity index (χ3v) is 10.3. The van der Waals surface area contributed by atoms with Gasteiger partial charge in [-0.1, -0.05) is 30.3 Å². The van der Waals surface area contributed by atoms with E-state index in [1.165, 1.54) is 21.3 Å². The molecule has 5 rings (SSSR count). The summed E-state index contributed by atoms with van der Waals surface area (Å²) in [5.41, 5.74) is 3.07. The van der Waals surface area contributed by atoms with E-state index in [0.717, 1.165) is 51.1 Å². The zero-order valence-electron chi connectivity index (χ0n) is 21.7. The molecule has 2 amide bonds. The summed E-state index contributed by atoms with van der Waals surface area (Å²) < 4.78 is 28.0. The van der Waals surface area contributed by atoms with Crippen LogP contribution in [0.5, 0.6) is 0 Å². The van der Waals surface area contributed by atoms with Crippen LogP contribution in [0.1, 0.15) is 18.4 Å². The van der Waals surface area contributed by atoms with Crippen LogP contribution in [0.25, 0.3) is 0 Å². The molecule has 3 aromatic rings. The number of fused-ring (bicyclic) bond motifs is 1. The number of nitrogens with zero attached hydrogens (tertiary/aromatic N) is 3. The van der Waals surface area contributed by atoms with Crippen LogP contribution in [-0.2, 0) is 26.0 Å². The van der Waals surface area contributed by atoms with Crippen LogP contribution in [0, 0.1) is 0 Å². The Morgan fingerprint density at radius 1 is 0.897 bits per heavy atom. The van der Waals surface area contributed by atoms with Gasteiger partial charge in [0.25, 0.3) is 10.0 Å². The molecule has 0 spiro atoms. The van der Waals surface area contributed by atoms with E-state index in [1.54, 1.807) is 29.6 Å². The van der Waals surface area contributed by atoms with E-state index in [4.69, 9.17) is 0 Å². The number of nitrogens with one attached hydrogen (secondary N) is 2. The fourth-order valence-corrected chi connectivity index (χ4v) is 7.67. The number of rotatable bonds is 8. The van der Waals surface area contributed by atoms with Gasteiger partial charge in [-0.3, -0.25) is 18.8 Å². The number of carbonyl (C=O) groups is 2. The van der Waals surface area contributed by atoms with Crippen molar-refractivity contribution in [3.63, 3.8) is 0 Å². The van der Waals surface area contributed by atoms with Crippen molar-refractivity contribution >= 4 is 50.2 Å². The number of aryl methyl sites for hydroxylation is 1. The molecule has 0 unspecified atom stereocenters. The molecular weight excluding hydrogens is 534 g/mol. The van der Waals surface area contributed by atoms with E-state index < -0.39 is 21.8 Å². The lowest BCUT2D eigenvalue weighted by Crippen LogP contribution is -2.47. The Balaban J connectivity index is 1.09. The number of hydrogen-bond donors (Lipinski definition) is 2. The Kier molecular flexibility index (Phi) is 8.49. The van der Waals surface area contributed by atoms with Crippen molar-refractivity contribution in [2.45, 2.75) is 23.5 Å². The normalized spacial score (nSPS) is 16.0. The van der Waals surface area contributed by atoms with E-state index in [-0.39, 0.29) is 4.21 Å². The highest BCUT2D eigenvalue weighted by molar-refractivity contribution is 7.94. The number of anilines is 3. The van der Waals surface area contributed by atoms with Gasteiger partial charge in [-0.2, -0.15) is 0 Å². The molecule has 9 nitrogen and oxygen atoms in total. The minimum atomic E-state index is -3.68. The third-order valence-electron chi connectivity index (χ3n) is 7.10. The molecule has 39 heavy (non-hydrogen) atoms.